The molecule has 1 saturated heterocycles. The fourth-order valence-electron chi connectivity index (χ4n) is 1.74. The zero-order valence-corrected chi connectivity index (χ0v) is 9.34. The molecule has 0 radical (unpaired) electrons. The molecule has 14 heavy (non-hydrogen) atoms. The zero-order valence-electron chi connectivity index (χ0n) is 9.34. The average molecular weight is 195 g/mol. The third-order valence-electron chi connectivity index (χ3n) is 2.79. The SMILES string of the molecule is CC(C)(C#N)CCCN1CCNCC1. The Morgan fingerprint density at radius 3 is 2.57 bits per heavy atom. The van der Waals surface area contributed by atoms with Crippen LogP contribution >= 0.6 is 0 Å². The van der Waals surface area contributed by atoms with Gasteiger partial charge in [0, 0.05) is 26.2 Å². The molecule has 3 heteroatoms. The molecular weight excluding hydrogens is 174 g/mol. The summed E-state index contributed by atoms with van der Waals surface area (Å²) in [6.45, 7) is 9.73. The van der Waals surface area contributed by atoms with Gasteiger partial charge in [-0.05, 0) is 33.2 Å². The second-order valence-electron chi connectivity index (χ2n) is 4.69. The first kappa shape index (κ1) is 11.5. The van der Waals surface area contributed by atoms with Crippen molar-refractivity contribution < 1.29 is 0 Å². The van der Waals surface area contributed by atoms with Crippen LogP contribution in [0.15, 0.2) is 0 Å². The van der Waals surface area contributed by atoms with Gasteiger partial charge in [0.25, 0.3) is 0 Å². The van der Waals surface area contributed by atoms with Crippen molar-refractivity contribution in [2.45, 2.75) is 26.7 Å². The van der Waals surface area contributed by atoms with Gasteiger partial charge in [-0.15, -0.1) is 0 Å². The molecule has 1 aliphatic rings. The van der Waals surface area contributed by atoms with Gasteiger partial charge in [-0.25, -0.2) is 0 Å². The summed E-state index contributed by atoms with van der Waals surface area (Å²) in [6, 6.07) is 2.35. The highest BCUT2D eigenvalue weighted by atomic mass is 15.2. The minimum atomic E-state index is -0.145. The van der Waals surface area contributed by atoms with Crippen LogP contribution < -0.4 is 5.32 Å². The van der Waals surface area contributed by atoms with E-state index in [2.05, 4.69) is 16.3 Å². The first-order chi connectivity index (χ1) is 6.64. The molecule has 1 aliphatic heterocycles. The molecule has 0 spiro atoms. The molecule has 0 saturated carbocycles. The number of hydrogen-bond acceptors (Lipinski definition) is 3. The van der Waals surface area contributed by atoms with E-state index in [-0.39, 0.29) is 5.41 Å². The second kappa shape index (κ2) is 5.33. The third-order valence-corrected chi connectivity index (χ3v) is 2.79. The van der Waals surface area contributed by atoms with E-state index in [9.17, 15) is 0 Å². The summed E-state index contributed by atoms with van der Waals surface area (Å²) < 4.78 is 0. The highest BCUT2D eigenvalue weighted by Gasteiger charge is 2.17. The van der Waals surface area contributed by atoms with Crippen LogP contribution in [0.5, 0.6) is 0 Å². The fourth-order valence-corrected chi connectivity index (χ4v) is 1.74. The monoisotopic (exact) mass is 195 g/mol. The lowest BCUT2D eigenvalue weighted by molar-refractivity contribution is 0.228. The molecule has 0 atom stereocenters. The molecule has 1 heterocycles. The van der Waals surface area contributed by atoms with Gasteiger partial charge in [0.1, 0.15) is 0 Å². The van der Waals surface area contributed by atoms with E-state index in [1.54, 1.807) is 0 Å². The zero-order chi connectivity index (χ0) is 10.4. The van der Waals surface area contributed by atoms with Gasteiger partial charge >= 0.3 is 0 Å². The number of nitrogens with zero attached hydrogens (tertiary/aromatic N) is 2. The second-order valence-corrected chi connectivity index (χ2v) is 4.69. The quantitative estimate of drug-likeness (QED) is 0.733. The molecule has 0 aromatic rings. The number of nitrogens with one attached hydrogen (secondary N) is 1. The summed E-state index contributed by atoms with van der Waals surface area (Å²) in [7, 11) is 0. The molecule has 1 N–H and O–H groups in total. The Kier molecular flexibility index (Phi) is 4.37. The van der Waals surface area contributed by atoms with Crippen LogP contribution in [0.4, 0.5) is 0 Å². The Morgan fingerprint density at radius 2 is 2.00 bits per heavy atom. The van der Waals surface area contributed by atoms with E-state index >= 15 is 0 Å². The topological polar surface area (TPSA) is 39.1 Å². The highest BCUT2D eigenvalue weighted by molar-refractivity contribution is 4.91. The Labute approximate surface area is 87.1 Å². The fraction of sp³-hybridized carbons (Fsp3) is 0.909. The predicted octanol–water partition coefficient (Wildman–Crippen LogP) is 1.22. The van der Waals surface area contributed by atoms with E-state index in [1.165, 1.54) is 0 Å². The Bertz CT molecular complexity index is 199. The van der Waals surface area contributed by atoms with E-state index < -0.39 is 0 Å². The van der Waals surface area contributed by atoms with Crippen LogP contribution in [0.3, 0.4) is 0 Å². The van der Waals surface area contributed by atoms with Gasteiger partial charge in [-0.2, -0.15) is 5.26 Å². The van der Waals surface area contributed by atoms with Crippen molar-refractivity contribution >= 4 is 0 Å². The van der Waals surface area contributed by atoms with Gasteiger partial charge in [-0.3, -0.25) is 0 Å². The molecule has 1 rings (SSSR count). The van der Waals surface area contributed by atoms with Crippen LogP contribution in [0.1, 0.15) is 26.7 Å². The standard InChI is InChI=1S/C11H21N3/c1-11(2,10-12)4-3-7-14-8-5-13-6-9-14/h13H,3-9H2,1-2H3. The lowest BCUT2D eigenvalue weighted by Gasteiger charge is -2.27. The van der Waals surface area contributed by atoms with Crippen molar-refractivity contribution in [3.63, 3.8) is 0 Å². The molecule has 0 amide bonds. The molecule has 0 bridgehead atoms. The largest absolute Gasteiger partial charge is 0.314 e. The van der Waals surface area contributed by atoms with Crippen molar-refractivity contribution in [2.24, 2.45) is 5.41 Å². The molecule has 1 fully saturated rings. The molecule has 0 aromatic heterocycles. The number of nitriles is 1. The van der Waals surface area contributed by atoms with Crippen molar-refractivity contribution in [1.29, 1.82) is 5.26 Å². The van der Waals surface area contributed by atoms with Crippen molar-refractivity contribution in [3.05, 3.63) is 0 Å². The molecule has 0 unspecified atom stereocenters. The maximum atomic E-state index is 8.86. The summed E-state index contributed by atoms with van der Waals surface area (Å²) in [6.07, 6.45) is 2.15. The maximum absolute atomic E-state index is 8.86. The summed E-state index contributed by atoms with van der Waals surface area (Å²) in [4.78, 5) is 2.48. The van der Waals surface area contributed by atoms with Gasteiger partial charge < -0.3 is 10.2 Å². The smallest absolute Gasteiger partial charge is 0.0683 e. The average Bonchev–Trinajstić information content (AvgIpc) is 2.19. The minimum absolute atomic E-state index is 0.145. The summed E-state index contributed by atoms with van der Waals surface area (Å²) >= 11 is 0. The third kappa shape index (κ3) is 4.08. The normalized spacial score (nSPS) is 19.2. The molecule has 0 aromatic carbocycles. The van der Waals surface area contributed by atoms with E-state index in [0.717, 1.165) is 45.6 Å². The van der Waals surface area contributed by atoms with Crippen LogP contribution in [0.2, 0.25) is 0 Å². The van der Waals surface area contributed by atoms with Crippen molar-refractivity contribution in [2.75, 3.05) is 32.7 Å². The van der Waals surface area contributed by atoms with E-state index in [0.29, 0.717) is 0 Å². The van der Waals surface area contributed by atoms with Gasteiger partial charge in [0.05, 0.1) is 11.5 Å². The van der Waals surface area contributed by atoms with Crippen molar-refractivity contribution in [1.82, 2.24) is 10.2 Å². The van der Waals surface area contributed by atoms with Gasteiger partial charge in [0.2, 0.25) is 0 Å². The Hall–Kier alpha value is -0.590. The lowest BCUT2D eigenvalue weighted by Crippen LogP contribution is -2.43. The number of rotatable bonds is 4. The van der Waals surface area contributed by atoms with E-state index in [4.69, 9.17) is 5.26 Å². The number of hydrogen-bond donors (Lipinski definition) is 1. The molecule has 0 aliphatic carbocycles. The number of piperazine rings is 1. The minimum Gasteiger partial charge on any atom is -0.314 e. The molecular formula is C11H21N3. The lowest BCUT2D eigenvalue weighted by atomic mass is 9.90. The predicted molar refractivity (Wildman–Crippen MR) is 57.9 cm³/mol. The Balaban J connectivity index is 2.12. The summed E-state index contributed by atoms with van der Waals surface area (Å²) in [5.74, 6) is 0. The van der Waals surface area contributed by atoms with Crippen LogP contribution in [0, 0.1) is 16.7 Å². The first-order valence-corrected chi connectivity index (χ1v) is 5.48. The van der Waals surface area contributed by atoms with Crippen LogP contribution in [0.25, 0.3) is 0 Å². The first-order valence-electron chi connectivity index (χ1n) is 5.48. The van der Waals surface area contributed by atoms with Crippen molar-refractivity contribution in [3.8, 4) is 6.07 Å². The van der Waals surface area contributed by atoms with Crippen LogP contribution in [-0.2, 0) is 0 Å². The molecule has 80 valence electrons. The summed E-state index contributed by atoms with van der Waals surface area (Å²) in [5.41, 5.74) is -0.145. The van der Waals surface area contributed by atoms with Gasteiger partial charge in [-0.1, -0.05) is 0 Å². The van der Waals surface area contributed by atoms with E-state index in [1.807, 2.05) is 13.8 Å². The Morgan fingerprint density at radius 1 is 1.36 bits per heavy atom. The molecule has 3 nitrogen and oxygen atoms in total. The van der Waals surface area contributed by atoms with Gasteiger partial charge in [0.15, 0.2) is 0 Å². The maximum Gasteiger partial charge on any atom is 0.0683 e. The summed E-state index contributed by atoms with van der Waals surface area (Å²) in [5, 5.41) is 12.2. The highest BCUT2D eigenvalue weighted by Crippen LogP contribution is 2.20. The van der Waals surface area contributed by atoms with Crippen LogP contribution in [-0.4, -0.2) is 37.6 Å².